The fourth-order valence-electron chi connectivity index (χ4n) is 5.04. The standard InChI is InChI=1S/C21H23N5O2/c1-2-26(13-21(14-26)9-11-22-12-21)20(28)25-17-8-4-3-6-15(17)19(27)24-16-7-5-10-23-18(16)25/h3-8,10,22H,2,9,11-14H2,1H3/p+1. The maximum absolute atomic E-state index is 14.0. The number of pyridine rings is 1. The van der Waals surface area contributed by atoms with Gasteiger partial charge in [0, 0.05) is 12.7 Å². The van der Waals surface area contributed by atoms with E-state index < -0.39 is 0 Å². The molecule has 7 nitrogen and oxygen atoms in total. The molecule has 0 saturated carbocycles. The van der Waals surface area contributed by atoms with Gasteiger partial charge in [0.25, 0.3) is 5.91 Å². The molecule has 28 heavy (non-hydrogen) atoms. The Morgan fingerprint density at radius 3 is 2.82 bits per heavy atom. The van der Waals surface area contributed by atoms with Crippen LogP contribution in [0.5, 0.6) is 0 Å². The van der Waals surface area contributed by atoms with Gasteiger partial charge in [-0.15, -0.1) is 0 Å². The van der Waals surface area contributed by atoms with Crippen LogP contribution in [0.15, 0.2) is 42.6 Å². The van der Waals surface area contributed by atoms with Gasteiger partial charge in [-0.25, -0.2) is 19.2 Å². The molecule has 3 amide bonds. The van der Waals surface area contributed by atoms with Gasteiger partial charge >= 0.3 is 6.03 Å². The number of fused-ring (bicyclic) bond motifs is 2. The molecule has 2 N–H and O–H groups in total. The number of aromatic nitrogens is 1. The van der Waals surface area contributed by atoms with E-state index in [2.05, 4.69) is 22.5 Å². The smallest absolute Gasteiger partial charge is 0.319 e. The number of para-hydroxylation sites is 1. The SMILES string of the molecule is CC[N+]1(C(=O)N2c3ccccc3C(=O)Nc3cccnc32)CC2(CCNC2)C1. The highest BCUT2D eigenvalue weighted by atomic mass is 16.2. The number of hydrogen-bond donors (Lipinski definition) is 2. The predicted molar refractivity (Wildman–Crippen MR) is 107 cm³/mol. The van der Waals surface area contributed by atoms with Crippen LogP contribution in [0.3, 0.4) is 0 Å². The van der Waals surface area contributed by atoms with Crippen molar-refractivity contribution in [1.29, 1.82) is 0 Å². The molecule has 3 aliphatic heterocycles. The van der Waals surface area contributed by atoms with Crippen LogP contribution in [-0.2, 0) is 0 Å². The Morgan fingerprint density at radius 2 is 2.07 bits per heavy atom. The van der Waals surface area contributed by atoms with Gasteiger partial charge in [-0.1, -0.05) is 12.1 Å². The summed E-state index contributed by atoms with van der Waals surface area (Å²) < 4.78 is 0.389. The minimum absolute atomic E-state index is 0.0103. The van der Waals surface area contributed by atoms with Crippen molar-refractivity contribution in [1.82, 2.24) is 10.3 Å². The van der Waals surface area contributed by atoms with Crippen LogP contribution in [0, 0.1) is 5.41 Å². The quantitative estimate of drug-likeness (QED) is 0.749. The lowest BCUT2D eigenvalue weighted by Crippen LogP contribution is -2.74. The van der Waals surface area contributed by atoms with Crippen LogP contribution in [0.25, 0.3) is 0 Å². The lowest BCUT2D eigenvalue weighted by molar-refractivity contribution is -0.909. The van der Waals surface area contributed by atoms with Crippen LogP contribution in [-0.4, -0.2) is 54.1 Å². The Kier molecular flexibility index (Phi) is 3.79. The number of hydrogen-bond acceptors (Lipinski definition) is 4. The zero-order valence-corrected chi connectivity index (χ0v) is 15.9. The molecule has 2 fully saturated rings. The number of anilines is 3. The van der Waals surface area contributed by atoms with Gasteiger partial charge in [-0.3, -0.25) is 4.79 Å². The highest BCUT2D eigenvalue weighted by Gasteiger charge is 2.61. The number of rotatable bonds is 1. The number of nitrogens with zero attached hydrogens (tertiary/aromatic N) is 3. The maximum Gasteiger partial charge on any atom is 0.429 e. The summed E-state index contributed by atoms with van der Waals surface area (Å²) in [7, 11) is 0. The minimum Gasteiger partial charge on any atom is -0.319 e. The van der Waals surface area contributed by atoms with E-state index in [1.165, 1.54) is 0 Å². The summed E-state index contributed by atoms with van der Waals surface area (Å²) in [5, 5.41) is 6.35. The molecule has 0 bridgehead atoms. The third-order valence-electron chi connectivity index (χ3n) is 6.45. The molecule has 0 unspecified atom stereocenters. The lowest BCUT2D eigenvalue weighted by atomic mass is 9.76. The zero-order chi connectivity index (χ0) is 19.4. The zero-order valence-electron chi connectivity index (χ0n) is 15.9. The van der Waals surface area contributed by atoms with Crippen LogP contribution < -0.4 is 15.5 Å². The molecule has 0 aliphatic carbocycles. The number of nitrogens with one attached hydrogen (secondary N) is 2. The summed E-state index contributed by atoms with van der Waals surface area (Å²) in [4.78, 5) is 32.8. The van der Waals surface area contributed by atoms with Crippen LogP contribution in [0.1, 0.15) is 23.7 Å². The van der Waals surface area contributed by atoms with E-state index in [9.17, 15) is 9.59 Å². The Balaban J connectivity index is 1.61. The van der Waals surface area contributed by atoms with Gasteiger partial charge in [0.05, 0.1) is 42.0 Å². The lowest BCUT2D eigenvalue weighted by Gasteiger charge is -2.54. The maximum atomic E-state index is 14.0. The van der Waals surface area contributed by atoms with Crippen LogP contribution in [0.4, 0.5) is 22.0 Å². The number of quaternary nitrogens is 1. The second-order valence-electron chi connectivity index (χ2n) is 8.17. The Morgan fingerprint density at radius 1 is 1.25 bits per heavy atom. The molecule has 2 aromatic rings. The highest BCUT2D eigenvalue weighted by Crippen LogP contribution is 2.45. The third-order valence-corrected chi connectivity index (χ3v) is 6.45. The Labute approximate surface area is 163 Å². The minimum atomic E-state index is -0.219. The normalized spacial score (nSPS) is 28.2. The molecule has 7 heteroatoms. The first-order chi connectivity index (χ1) is 13.6. The topological polar surface area (TPSA) is 74.3 Å². The van der Waals surface area contributed by atoms with Gasteiger partial charge in [0.15, 0.2) is 5.82 Å². The van der Waals surface area contributed by atoms with Crippen molar-refractivity contribution in [3.63, 3.8) is 0 Å². The average molecular weight is 378 g/mol. The molecule has 3 aliphatic rings. The number of benzene rings is 1. The number of amides is 3. The third kappa shape index (κ3) is 2.40. The molecule has 4 heterocycles. The first kappa shape index (κ1) is 17.3. The second kappa shape index (κ2) is 6.12. The second-order valence-corrected chi connectivity index (χ2v) is 8.17. The number of carbonyl (C=O) groups is 2. The largest absolute Gasteiger partial charge is 0.429 e. The molecular formula is C21H24N5O2+. The fraction of sp³-hybridized carbons (Fsp3) is 0.381. The van der Waals surface area contributed by atoms with E-state index in [4.69, 9.17) is 0 Å². The number of carbonyl (C=O) groups excluding carboxylic acids is 2. The number of likely N-dealkylation sites (tertiary alicyclic amines) is 1. The van der Waals surface area contributed by atoms with Crippen LogP contribution in [0.2, 0.25) is 0 Å². The van der Waals surface area contributed by atoms with Crippen molar-refractivity contribution in [2.45, 2.75) is 13.3 Å². The Bertz CT molecular complexity index is 959. The molecule has 144 valence electrons. The summed E-state index contributed by atoms with van der Waals surface area (Å²) in [5.74, 6) is 0.269. The first-order valence-corrected chi connectivity index (χ1v) is 9.84. The van der Waals surface area contributed by atoms with Gasteiger partial charge in [0.2, 0.25) is 0 Å². The predicted octanol–water partition coefficient (Wildman–Crippen LogP) is 2.74. The van der Waals surface area contributed by atoms with Gasteiger partial charge < -0.3 is 10.6 Å². The van der Waals surface area contributed by atoms with Crippen molar-refractivity contribution in [2.24, 2.45) is 5.41 Å². The van der Waals surface area contributed by atoms with E-state index in [1.807, 2.05) is 18.2 Å². The first-order valence-electron chi connectivity index (χ1n) is 9.84. The van der Waals surface area contributed by atoms with Gasteiger partial charge in [-0.2, -0.15) is 0 Å². The Hall–Kier alpha value is -2.77. The van der Waals surface area contributed by atoms with E-state index in [-0.39, 0.29) is 17.4 Å². The highest BCUT2D eigenvalue weighted by molar-refractivity contribution is 6.16. The van der Waals surface area contributed by atoms with Crippen molar-refractivity contribution >= 4 is 29.1 Å². The summed E-state index contributed by atoms with van der Waals surface area (Å²) in [5.41, 5.74) is 1.86. The summed E-state index contributed by atoms with van der Waals surface area (Å²) in [6.07, 6.45) is 2.78. The average Bonchev–Trinajstić information content (AvgIpc) is 3.13. The molecule has 1 aromatic heterocycles. The van der Waals surface area contributed by atoms with Crippen molar-refractivity contribution < 1.29 is 14.1 Å². The molecule has 1 spiro atoms. The summed E-state index contributed by atoms with van der Waals surface area (Å²) in [6.45, 7) is 6.45. The molecule has 2 saturated heterocycles. The molecule has 0 radical (unpaired) electrons. The molecular weight excluding hydrogens is 354 g/mol. The molecule has 5 rings (SSSR count). The fourth-order valence-corrected chi connectivity index (χ4v) is 5.04. The summed E-state index contributed by atoms with van der Waals surface area (Å²) >= 11 is 0. The number of urea groups is 1. The summed E-state index contributed by atoms with van der Waals surface area (Å²) in [6, 6.07) is 10.8. The van der Waals surface area contributed by atoms with Gasteiger partial charge in [0.1, 0.15) is 0 Å². The van der Waals surface area contributed by atoms with Crippen LogP contribution >= 0.6 is 0 Å². The van der Waals surface area contributed by atoms with Crippen molar-refractivity contribution in [3.8, 4) is 0 Å². The monoisotopic (exact) mass is 378 g/mol. The molecule has 0 atom stereocenters. The molecule has 1 aromatic carbocycles. The van der Waals surface area contributed by atoms with E-state index in [0.29, 0.717) is 27.2 Å². The van der Waals surface area contributed by atoms with Crippen molar-refractivity contribution in [2.75, 3.05) is 42.9 Å². The van der Waals surface area contributed by atoms with Crippen molar-refractivity contribution in [3.05, 3.63) is 48.2 Å². The van der Waals surface area contributed by atoms with E-state index in [1.54, 1.807) is 29.3 Å². The van der Waals surface area contributed by atoms with E-state index in [0.717, 1.165) is 39.1 Å². The van der Waals surface area contributed by atoms with E-state index >= 15 is 0 Å². The van der Waals surface area contributed by atoms with Gasteiger partial charge in [-0.05, 0) is 44.2 Å².